The fourth-order valence-corrected chi connectivity index (χ4v) is 5.16. The molecule has 0 spiro atoms. The Morgan fingerprint density at radius 3 is 2.45 bits per heavy atom. The summed E-state index contributed by atoms with van der Waals surface area (Å²) in [4.78, 5) is 40.6. The molecule has 4 atom stereocenters. The zero-order valence-electron chi connectivity index (χ0n) is 25.4. The van der Waals surface area contributed by atoms with Gasteiger partial charge in [0.05, 0.1) is 12.6 Å². The quantitative estimate of drug-likeness (QED) is 0.303. The molecule has 2 aromatic carbocycles. The maximum absolute atomic E-state index is 14.2. The zero-order valence-corrected chi connectivity index (χ0v) is 25.4. The van der Waals surface area contributed by atoms with Crippen LogP contribution < -0.4 is 26.0 Å². The third-order valence-corrected chi connectivity index (χ3v) is 7.58. The highest BCUT2D eigenvalue weighted by Crippen LogP contribution is 2.21. The van der Waals surface area contributed by atoms with E-state index in [0.717, 1.165) is 5.56 Å². The van der Waals surface area contributed by atoms with Crippen LogP contribution in [0.25, 0.3) is 0 Å². The highest BCUT2D eigenvalue weighted by molar-refractivity contribution is 5.93. The lowest BCUT2D eigenvalue weighted by Crippen LogP contribution is -2.59. The first-order valence-electron chi connectivity index (χ1n) is 15.0. The molecular weight excluding hydrogens is 565 g/mol. The second-order valence-electron chi connectivity index (χ2n) is 11.6. The average molecular weight is 608 g/mol. The third-order valence-electron chi connectivity index (χ3n) is 7.58. The molecule has 11 heteroatoms. The molecule has 2 heterocycles. The minimum Gasteiger partial charge on any atom is -0.505 e. The summed E-state index contributed by atoms with van der Waals surface area (Å²) in [6.45, 7) is 6.37. The Hall–Kier alpha value is -4.38. The first-order chi connectivity index (χ1) is 21.1. The number of ether oxygens (including phenoxy) is 1. The number of nitrogens with one attached hydrogen (secondary N) is 4. The highest BCUT2D eigenvalue weighted by Gasteiger charge is 2.32. The van der Waals surface area contributed by atoms with E-state index < -0.39 is 41.5 Å². The summed E-state index contributed by atoms with van der Waals surface area (Å²) in [5.41, 5.74) is 1.48. The third kappa shape index (κ3) is 9.06. The number of aromatic hydroxyl groups is 1. The molecule has 1 aromatic heterocycles. The van der Waals surface area contributed by atoms with Gasteiger partial charge in [0.2, 0.25) is 17.7 Å². The number of fused-ring (bicyclic) bond motifs is 1. The number of phenols is 1. The predicted molar refractivity (Wildman–Crippen MR) is 165 cm³/mol. The summed E-state index contributed by atoms with van der Waals surface area (Å²) in [5, 5.41) is 21.6. The van der Waals surface area contributed by atoms with Crippen molar-refractivity contribution in [2.45, 2.75) is 70.7 Å². The molecule has 0 bridgehead atoms. The van der Waals surface area contributed by atoms with Crippen molar-refractivity contribution in [2.75, 3.05) is 13.2 Å². The maximum Gasteiger partial charge on any atom is 0.244 e. The normalized spacial score (nSPS) is 22.5. The minimum absolute atomic E-state index is 0.0923. The number of amides is 3. The number of halogens is 1. The second kappa shape index (κ2) is 15.4. The van der Waals surface area contributed by atoms with Crippen molar-refractivity contribution in [2.24, 2.45) is 5.92 Å². The van der Waals surface area contributed by atoms with Gasteiger partial charge in [-0.2, -0.15) is 0 Å². The van der Waals surface area contributed by atoms with E-state index in [2.05, 4.69) is 21.3 Å². The lowest BCUT2D eigenvalue weighted by molar-refractivity contribution is -0.133. The fraction of sp³-hybridized carbons (Fsp3) is 0.424. The van der Waals surface area contributed by atoms with Crippen molar-refractivity contribution in [1.29, 1.82) is 0 Å². The first-order valence-corrected chi connectivity index (χ1v) is 15.0. The summed E-state index contributed by atoms with van der Waals surface area (Å²) in [7, 11) is 0. The van der Waals surface area contributed by atoms with Crippen LogP contribution in [0.3, 0.4) is 0 Å². The Kier molecular flexibility index (Phi) is 11.4. The Morgan fingerprint density at radius 1 is 0.977 bits per heavy atom. The predicted octanol–water partition coefficient (Wildman–Crippen LogP) is 2.69. The van der Waals surface area contributed by atoms with Crippen LogP contribution in [0.15, 0.2) is 67.0 Å². The number of nitrogens with zero attached hydrogens (tertiary/aromatic N) is 1. The minimum atomic E-state index is -0.944. The van der Waals surface area contributed by atoms with Crippen LogP contribution in [0.2, 0.25) is 0 Å². The van der Waals surface area contributed by atoms with E-state index in [9.17, 15) is 23.9 Å². The van der Waals surface area contributed by atoms with Crippen molar-refractivity contribution in [3.63, 3.8) is 0 Å². The van der Waals surface area contributed by atoms with Crippen molar-refractivity contribution in [3.05, 3.63) is 83.9 Å². The second-order valence-corrected chi connectivity index (χ2v) is 11.6. The molecule has 1 aliphatic rings. The van der Waals surface area contributed by atoms with Gasteiger partial charge in [0.1, 0.15) is 24.4 Å². The summed E-state index contributed by atoms with van der Waals surface area (Å²) in [6, 6.07) is 12.4. The summed E-state index contributed by atoms with van der Waals surface area (Å²) in [6.07, 6.45) is 5.05. The number of hydrogen-bond donors (Lipinski definition) is 5. The lowest BCUT2D eigenvalue weighted by Gasteiger charge is -2.29. The first kappa shape index (κ1) is 32.5. The molecule has 3 aromatic rings. The molecular formula is C33H42FN5O5. The van der Waals surface area contributed by atoms with Gasteiger partial charge >= 0.3 is 0 Å². The van der Waals surface area contributed by atoms with Crippen LogP contribution in [0.1, 0.15) is 38.3 Å². The number of aryl methyl sites for hydroxylation is 1. The Bertz CT molecular complexity index is 1410. The molecule has 0 aliphatic carbocycles. The van der Waals surface area contributed by atoms with Crippen LogP contribution >= 0.6 is 0 Å². The number of aromatic nitrogens is 1. The van der Waals surface area contributed by atoms with Gasteiger partial charge in [-0.3, -0.25) is 19.7 Å². The van der Waals surface area contributed by atoms with Crippen molar-refractivity contribution < 1.29 is 28.6 Å². The van der Waals surface area contributed by atoms with E-state index >= 15 is 0 Å². The molecule has 0 unspecified atom stereocenters. The topological polar surface area (TPSA) is 134 Å². The number of hydrogen-bond acceptors (Lipinski definition) is 6. The zero-order chi connectivity index (χ0) is 31.6. The van der Waals surface area contributed by atoms with Crippen LogP contribution in [0.4, 0.5) is 4.39 Å². The molecule has 10 nitrogen and oxygen atoms in total. The van der Waals surface area contributed by atoms with Crippen molar-refractivity contribution in [3.8, 4) is 11.5 Å². The van der Waals surface area contributed by atoms with E-state index in [1.54, 1.807) is 6.07 Å². The number of carbonyl (C=O) groups is 3. The van der Waals surface area contributed by atoms with Gasteiger partial charge in [-0.05, 0) is 73.6 Å². The number of phenolic OH excluding ortho intramolecular Hbond substituents is 1. The van der Waals surface area contributed by atoms with Crippen LogP contribution in [0.5, 0.6) is 11.5 Å². The van der Waals surface area contributed by atoms with E-state index in [1.165, 1.54) is 12.1 Å². The van der Waals surface area contributed by atoms with E-state index in [-0.39, 0.29) is 37.4 Å². The fourth-order valence-electron chi connectivity index (χ4n) is 5.16. The van der Waals surface area contributed by atoms with Crippen LogP contribution in [0, 0.1) is 11.7 Å². The standard InChI is InChI=1S/C33H42FN5O5/c1-21(2)30-33(43)37-27(19-39-15-6-7-16-39)31(41)35-14-8-10-24-9-4-5-11-29(24)44-20-22(3)36-26(32(42)38-30)18-23-12-13-28(40)25(34)17-23/h4-7,9,11-13,15-17,21-22,26-27,30,36,40H,8,10,14,18-20H2,1-3H3,(H,35,41)(H,37,43)(H,38,42)/t22-,26+,27-,30+/m0/s1. The Morgan fingerprint density at radius 2 is 1.73 bits per heavy atom. The van der Waals surface area contributed by atoms with E-state index in [0.29, 0.717) is 30.7 Å². The highest BCUT2D eigenvalue weighted by atomic mass is 19.1. The van der Waals surface area contributed by atoms with Crippen molar-refractivity contribution >= 4 is 17.7 Å². The molecule has 5 N–H and O–H groups in total. The van der Waals surface area contributed by atoms with Crippen molar-refractivity contribution in [1.82, 2.24) is 25.8 Å². The number of para-hydroxylation sites is 1. The molecule has 0 radical (unpaired) electrons. The lowest BCUT2D eigenvalue weighted by atomic mass is 10.00. The molecule has 0 saturated carbocycles. The van der Waals surface area contributed by atoms with E-state index in [1.807, 2.05) is 74.1 Å². The van der Waals surface area contributed by atoms with Gasteiger partial charge in [-0.15, -0.1) is 0 Å². The number of carbonyl (C=O) groups excluding carboxylic acids is 3. The smallest absolute Gasteiger partial charge is 0.244 e. The molecule has 236 valence electrons. The molecule has 0 fully saturated rings. The summed E-state index contributed by atoms with van der Waals surface area (Å²) >= 11 is 0. The molecule has 1 aliphatic heterocycles. The Labute approximate surface area is 257 Å². The molecule has 0 saturated heterocycles. The van der Waals surface area contributed by atoms with Crippen LogP contribution in [-0.2, 0) is 33.8 Å². The van der Waals surface area contributed by atoms with E-state index in [4.69, 9.17) is 4.74 Å². The molecule has 44 heavy (non-hydrogen) atoms. The summed E-state index contributed by atoms with van der Waals surface area (Å²) < 4.78 is 22.1. The summed E-state index contributed by atoms with van der Waals surface area (Å²) in [5.74, 6) is -2.13. The van der Waals surface area contributed by atoms with Crippen LogP contribution in [-0.4, -0.2) is 64.7 Å². The number of rotatable bonds is 5. The van der Waals surface area contributed by atoms with Gasteiger partial charge in [0.25, 0.3) is 0 Å². The molecule has 4 rings (SSSR count). The van der Waals surface area contributed by atoms with Gasteiger partial charge < -0.3 is 30.4 Å². The van der Waals surface area contributed by atoms with Gasteiger partial charge in [0, 0.05) is 25.0 Å². The van der Waals surface area contributed by atoms with Gasteiger partial charge in [-0.1, -0.05) is 38.1 Å². The number of benzene rings is 2. The Balaban J connectivity index is 1.63. The SMILES string of the molecule is CC(C)[C@H]1NC(=O)[C@@H](Cc2ccc(O)c(F)c2)N[C@@H](C)COc2ccccc2CCCNC(=O)[C@H](Cn2cccc2)NC1=O. The molecule has 3 amide bonds. The monoisotopic (exact) mass is 607 g/mol. The largest absolute Gasteiger partial charge is 0.505 e. The average Bonchev–Trinajstić information content (AvgIpc) is 3.51. The van der Waals surface area contributed by atoms with Gasteiger partial charge in [0.15, 0.2) is 11.6 Å². The van der Waals surface area contributed by atoms with Gasteiger partial charge in [-0.25, -0.2) is 4.39 Å². The maximum atomic E-state index is 14.2.